The van der Waals surface area contributed by atoms with Crippen molar-refractivity contribution in [3.63, 3.8) is 0 Å². The van der Waals surface area contributed by atoms with Gasteiger partial charge in [0.05, 0.1) is 11.2 Å². The Hall–Kier alpha value is -4.36. The van der Waals surface area contributed by atoms with Gasteiger partial charge in [-0.25, -0.2) is 0 Å². The maximum Gasteiger partial charge on any atom is 0.269 e. The van der Waals surface area contributed by atoms with Gasteiger partial charge in [-0.05, 0) is 85.6 Å². The molecule has 1 fully saturated rings. The molecule has 1 aromatic heterocycles. The summed E-state index contributed by atoms with van der Waals surface area (Å²) in [6.07, 6.45) is 4.45. The zero-order valence-electron chi connectivity index (χ0n) is 19.9. The van der Waals surface area contributed by atoms with Crippen molar-refractivity contribution >= 4 is 45.7 Å². The number of aromatic nitrogens is 1. The summed E-state index contributed by atoms with van der Waals surface area (Å²) in [6, 6.07) is 26.6. The van der Waals surface area contributed by atoms with Crippen LogP contribution >= 0.6 is 12.2 Å². The molecule has 1 atom stereocenters. The number of fused-ring (bicyclic) bond motifs is 2. The van der Waals surface area contributed by atoms with Crippen LogP contribution in [-0.4, -0.2) is 21.9 Å². The molecule has 0 radical (unpaired) electrons. The Morgan fingerprint density at radius 3 is 2.49 bits per heavy atom. The number of nitrogens with one attached hydrogen (secondary N) is 1. The lowest BCUT2D eigenvalue weighted by Crippen LogP contribution is -2.54. The molecule has 4 aromatic rings. The number of ether oxygens (including phenoxy) is 1. The summed E-state index contributed by atoms with van der Waals surface area (Å²) < 4.78 is 5.85. The van der Waals surface area contributed by atoms with Crippen LogP contribution in [0.3, 0.4) is 0 Å². The number of thiocarbonyl (C=S) groups is 1. The van der Waals surface area contributed by atoms with E-state index >= 15 is 0 Å². The Bertz CT molecular complexity index is 1560. The first kappa shape index (κ1) is 23.1. The lowest BCUT2D eigenvalue weighted by Gasteiger charge is -2.30. The SMILES string of the molecule is O=C1NC(=S)N(c2ccc(Oc3ccccc3)cc2)C(=O)/C1=C/C1CCCc2nc3ccccc3cc21. The molecule has 37 heavy (non-hydrogen) atoms. The van der Waals surface area contributed by atoms with Gasteiger partial charge in [0.1, 0.15) is 17.1 Å². The number of para-hydroxylation sites is 2. The van der Waals surface area contributed by atoms with Crippen LogP contribution in [0, 0.1) is 0 Å². The van der Waals surface area contributed by atoms with E-state index in [9.17, 15) is 9.59 Å². The third-order valence-corrected chi connectivity index (χ3v) is 6.99. The molecule has 2 aliphatic rings. The van der Waals surface area contributed by atoms with E-state index in [1.54, 1.807) is 30.3 Å². The summed E-state index contributed by atoms with van der Waals surface area (Å²) in [5.74, 6) is 0.347. The van der Waals surface area contributed by atoms with E-state index in [4.69, 9.17) is 21.9 Å². The van der Waals surface area contributed by atoms with E-state index in [0.717, 1.165) is 41.4 Å². The van der Waals surface area contributed by atoms with E-state index in [-0.39, 0.29) is 16.6 Å². The fraction of sp³-hybridized carbons (Fsp3) is 0.133. The predicted octanol–water partition coefficient (Wildman–Crippen LogP) is 5.82. The van der Waals surface area contributed by atoms with Crippen molar-refractivity contribution < 1.29 is 14.3 Å². The minimum absolute atomic E-state index is 0.0561. The maximum atomic E-state index is 13.6. The van der Waals surface area contributed by atoms with Crippen LogP contribution in [-0.2, 0) is 16.0 Å². The molecule has 1 saturated heterocycles. The average molecular weight is 506 g/mol. The highest BCUT2D eigenvalue weighted by atomic mass is 32.1. The quantitative estimate of drug-likeness (QED) is 0.215. The minimum Gasteiger partial charge on any atom is -0.457 e. The normalized spacial score (nSPS) is 18.6. The van der Waals surface area contributed by atoms with Crippen LogP contribution < -0.4 is 15.0 Å². The number of allylic oxidation sites excluding steroid dienone is 1. The summed E-state index contributed by atoms with van der Waals surface area (Å²) in [6.45, 7) is 0. The molecule has 182 valence electrons. The van der Waals surface area contributed by atoms with Crippen LogP contribution in [0.2, 0.25) is 0 Å². The first-order chi connectivity index (χ1) is 18.1. The highest BCUT2D eigenvalue weighted by Gasteiger charge is 2.35. The smallest absolute Gasteiger partial charge is 0.269 e. The van der Waals surface area contributed by atoms with Crippen molar-refractivity contribution in [2.45, 2.75) is 25.2 Å². The van der Waals surface area contributed by atoms with Gasteiger partial charge in [-0.3, -0.25) is 24.8 Å². The minimum atomic E-state index is -0.476. The van der Waals surface area contributed by atoms with Crippen molar-refractivity contribution in [2.75, 3.05) is 4.90 Å². The average Bonchev–Trinajstić information content (AvgIpc) is 2.91. The second kappa shape index (κ2) is 9.59. The number of anilines is 1. The molecule has 6 nitrogen and oxygen atoms in total. The number of rotatable bonds is 4. The molecule has 2 amide bonds. The van der Waals surface area contributed by atoms with E-state index < -0.39 is 11.8 Å². The Labute approximate surface area is 219 Å². The lowest BCUT2D eigenvalue weighted by atomic mass is 9.83. The highest BCUT2D eigenvalue weighted by molar-refractivity contribution is 7.80. The molecule has 6 rings (SSSR count). The fourth-order valence-corrected chi connectivity index (χ4v) is 5.19. The van der Waals surface area contributed by atoms with Crippen LogP contribution in [0.15, 0.2) is 96.6 Å². The van der Waals surface area contributed by atoms with Gasteiger partial charge in [-0.2, -0.15) is 0 Å². The van der Waals surface area contributed by atoms with E-state index in [2.05, 4.69) is 11.4 Å². The molecule has 1 aliphatic carbocycles. The molecule has 3 aromatic carbocycles. The van der Waals surface area contributed by atoms with Crippen LogP contribution in [0.5, 0.6) is 11.5 Å². The Kier molecular flexibility index (Phi) is 5.98. The monoisotopic (exact) mass is 505 g/mol. The van der Waals surface area contributed by atoms with Gasteiger partial charge in [-0.15, -0.1) is 0 Å². The summed E-state index contributed by atoms with van der Waals surface area (Å²) in [7, 11) is 0. The van der Waals surface area contributed by atoms with Gasteiger partial charge < -0.3 is 4.74 Å². The van der Waals surface area contributed by atoms with E-state index in [1.165, 1.54) is 4.90 Å². The molecular formula is C30H23N3O3S. The molecular weight excluding hydrogens is 482 g/mol. The molecule has 2 heterocycles. The van der Waals surface area contributed by atoms with Crippen LogP contribution in [0.4, 0.5) is 5.69 Å². The van der Waals surface area contributed by atoms with E-state index in [1.807, 2.05) is 54.6 Å². The van der Waals surface area contributed by atoms with Gasteiger partial charge in [0, 0.05) is 17.0 Å². The molecule has 1 N–H and O–H groups in total. The topological polar surface area (TPSA) is 71.5 Å². The van der Waals surface area contributed by atoms with Crippen LogP contribution in [0.25, 0.3) is 10.9 Å². The summed E-state index contributed by atoms with van der Waals surface area (Å²) in [4.78, 5) is 32.7. The van der Waals surface area contributed by atoms with Crippen molar-refractivity contribution in [3.05, 3.63) is 108 Å². The van der Waals surface area contributed by atoms with Crippen molar-refractivity contribution in [1.29, 1.82) is 0 Å². The van der Waals surface area contributed by atoms with Gasteiger partial charge in [0.2, 0.25) is 0 Å². The number of hydrogen-bond donors (Lipinski definition) is 1. The van der Waals surface area contributed by atoms with Crippen molar-refractivity contribution in [2.24, 2.45) is 0 Å². The number of pyridine rings is 1. The molecule has 7 heteroatoms. The number of hydrogen-bond acceptors (Lipinski definition) is 5. The number of carbonyl (C=O) groups excluding carboxylic acids is 2. The summed E-state index contributed by atoms with van der Waals surface area (Å²) >= 11 is 5.38. The third-order valence-electron chi connectivity index (χ3n) is 6.71. The molecule has 0 bridgehead atoms. The summed E-state index contributed by atoms with van der Waals surface area (Å²) in [5.41, 5.74) is 3.69. The standard InChI is InChI=1S/C30H23N3O3S/c34-28-25(17-19-8-6-12-27-24(19)18-20-7-4-5-11-26(20)31-27)29(35)33(30(37)32-28)21-13-15-23(16-14-21)36-22-9-2-1-3-10-22/h1-5,7,9-11,13-19H,6,8,12H2,(H,32,34,37)/b25-17+. The Balaban J connectivity index is 1.30. The number of nitrogens with zero attached hydrogens (tertiary/aromatic N) is 2. The Morgan fingerprint density at radius 1 is 0.946 bits per heavy atom. The summed E-state index contributed by atoms with van der Waals surface area (Å²) in [5, 5.41) is 3.79. The third kappa shape index (κ3) is 4.49. The zero-order chi connectivity index (χ0) is 25.4. The van der Waals surface area contributed by atoms with E-state index in [0.29, 0.717) is 17.2 Å². The Morgan fingerprint density at radius 2 is 1.68 bits per heavy atom. The zero-order valence-corrected chi connectivity index (χ0v) is 20.7. The molecule has 0 saturated carbocycles. The van der Waals surface area contributed by atoms with Crippen molar-refractivity contribution in [1.82, 2.24) is 10.3 Å². The number of carbonyl (C=O) groups is 2. The fourth-order valence-electron chi connectivity index (χ4n) is 4.91. The van der Waals surface area contributed by atoms with Crippen LogP contribution in [0.1, 0.15) is 30.0 Å². The van der Waals surface area contributed by atoms with Crippen molar-refractivity contribution in [3.8, 4) is 11.5 Å². The number of amides is 2. The number of benzene rings is 3. The second-order valence-corrected chi connectivity index (χ2v) is 9.49. The van der Waals surface area contributed by atoms with Gasteiger partial charge >= 0.3 is 0 Å². The first-order valence-electron chi connectivity index (χ1n) is 12.2. The molecule has 1 unspecified atom stereocenters. The van der Waals surface area contributed by atoms with Gasteiger partial charge in [0.15, 0.2) is 5.11 Å². The lowest BCUT2D eigenvalue weighted by molar-refractivity contribution is -0.122. The predicted molar refractivity (Wildman–Crippen MR) is 147 cm³/mol. The first-order valence-corrected chi connectivity index (χ1v) is 12.6. The maximum absolute atomic E-state index is 13.6. The molecule has 1 aliphatic heterocycles. The largest absolute Gasteiger partial charge is 0.457 e. The van der Waals surface area contributed by atoms with Gasteiger partial charge in [-0.1, -0.05) is 42.5 Å². The number of aryl methyl sites for hydroxylation is 1. The second-order valence-electron chi connectivity index (χ2n) is 9.10. The highest BCUT2D eigenvalue weighted by Crippen LogP contribution is 2.35. The van der Waals surface area contributed by atoms with Gasteiger partial charge in [0.25, 0.3) is 11.8 Å². The molecule has 0 spiro atoms.